The lowest BCUT2D eigenvalue weighted by Crippen LogP contribution is -2.39. The van der Waals surface area contributed by atoms with Crippen LogP contribution in [-0.2, 0) is 0 Å². The maximum absolute atomic E-state index is 12.1. The van der Waals surface area contributed by atoms with E-state index < -0.39 is 0 Å². The van der Waals surface area contributed by atoms with Crippen LogP contribution in [-0.4, -0.2) is 13.0 Å². The number of rotatable bonds is 5. The van der Waals surface area contributed by atoms with Crippen molar-refractivity contribution in [1.82, 2.24) is 10.9 Å². The van der Waals surface area contributed by atoms with Crippen molar-refractivity contribution in [2.75, 3.05) is 7.11 Å². The van der Waals surface area contributed by atoms with E-state index in [1.165, 1.54) is 0 Å². The van der Waals surface area contributed by atoms with Crippen LogP contribution in [0, 0.1) is 0 Å². The Morgan fingerprint density at radius 3 is 2.40 bits per heavy atom. The summed E-state index contributed by atoms with van der Waals surface area (Å²) >= 11 is 0. The first-order valence-electron chi connectivity index (χ1n) is 6.46. The van der Waals surface area contributed by atoms with Gasteiger partial charge in [0.15, 0.2) is 0 Å². The Kier molecular flexibility index (Phi) is 4.74. The predicted octanol–water partition coefficient (Wildman–Crippen LogP) is 2.69. The number of benzene rings is 2. The van der Waals surface area contributed by atoms with Gasteiger partial charge < -0.3 is 4.74 Å². The second-order valence-corrected chi connectivity index (χ2v) is 4.43. The summed E-state index contributed by atoms with van der Waals surface area (Å²) in [5, 5.41) is 0. The van der Waals surface area contributed by atoms with Crippen LogP contribution < -0.4 is 15.6 Å². The fraction of sp³-hybridized carbons (Fsp3) is 0.188. The number of ether oxygens (including phenoxy) is 1. The zero-order chi connectivity index (χ0) is 14.4. The quantitative estimate of drug-likeness (QED) is 0.821. The molecule has 0 bridgehead atoms. The SMILES string of the molecule is COc1ccccc1C(=O)NNC(C)c1ccccc1. The lowest BCUT2D eigenvalue weighted by Gasteiger charge is -2.16. The summed E-state index contributed by atoms with van der Waals surface area (Å²) in [7, 11) is 1.55. The summed E-state index contributed by atoms with van der Waals surface area (Å²) in [6.45, 7) is 1.98. The van der Waals surface area contributed by atoms with Gasteiger partial charge in [0.25, 0.3) is 5.91 Å². The van der Waals surface area contributed by atoms with Crippen molar-refractivity contribution >= 4 is 5.91 Å². The smallest absolute Gasteiger partial charge is 0.269 e. The van der Waals surface area contributed by atoms with Crippen molar-refractivity contribution in [3.8, 4) is 5.75 Å². The first-order chi connectivity index (χ1) is 9.72. The highest BCUT2D eigenvalue weighted by molar-refractivity contribution is 5.96. The van der Waals surface area contributed by atoms with Gasteiger partial charge in [0.05, 0.1) is 12.7 Å². The number of amides is 1. The van der Waals surface area contributed by atoms with Crippen molar-refractivity contribution in [2.45, 2.75) is 13.0 Å². The van der Waals surface area contributed by atoms with E-state index in [0.717, 1.165) is 5.56 Å². The van der Waals surface area contributed by atoms with Crippen LogP contribution in [0.15, 0.2) is 54.6 Å². The van der Waals surface area contributed by atoms with Crippen molar-refractivity contribution < 1.29 is 9.53 Å². The van der Waals surface area contributed by atoms with Gasteiger partial charge in [-0.2, -0.15) is 0 Å². The molecule has 4 nitrogen and oxygen atoms in total. The number of hydrazine groups is 1. The summed E-state index contributed by atoms with van der Waals surface area (Å²) < 4.78 is 5.17. The maximum Gasteiger partial charge on any atom is 0.269 e. The molecule has 4 heteroatoms. The molecule has 2 rings (SSSR count). The third kappa shape index (κ3) is 3.36. The molecule has 2 aromatic carbocycles. The van der Waals surface area contributed by atoms with E-state index in [2.05, 4.69) is 10.9 Å². The molecular formula is C16H18N2O2. The predicted molar refractivity (Wildman–Crippen MR) is 78.5 cm³/mol. The second-order valence-electron chi connectivity index (χ2n) is 4.43. The average molecular weight is 270 g/mol. The minimum absolute atomic E-state index is 0.0230. The third-order valence-electron chi connectivity index (χ3n) is 3.05. The molecule has 20 heavy (non-hydrogen) atoms. The molecule has 0 aromatic heterocycles. The number of hydrogen-bond acceptors (Lipinski definition) is 3. The molecular weight excluding hydrogens is 252 g/mol. The minimum Gasteiger partial charge on any atom is -0.496 e. The number of carbonyl (C=O) groups excluding carboxylic acids is 1. The maximum atomic E-state index is 12.1. The van der Waals surface area contributed by atoms with Crippen LogP contribution in [0.1, 0.15) is 28.9 Å². The largest absolute Gasteiger partial charge is 0.496 e. The topological polar surface area (TPSA) is 50.4 Å². The highest BCUT2D eigenvalue weighted by atomic mass is 16.5. The van der Waals surface area contributed by atoms with Gasteiger partial charge in [0.2, 0.25) is 0 Å². The van der Waals surface area contributed by atoms with Gasteiger partial charge in [-0.15, -0.1) is 0 Å². The Hall–Kier alpha value is -2.33. The van der Waals surface area contributed by atoms with Crippen molar-refractivity contribution in [2.24, 2.45) is 0 Å². The van der Waals surface area contributed by atoms with Crippen LogP contribution >= 0.6 is 0 Å². The van der Waals surface area contributed by atoms with E-state index in [4.69, 9.17) is 4.74 Å². The molecule has 2 aromatic rings. The molecule has 2 N–H and O–H groups in total. The van der Waals surface area contributed by atoms with Crippen molar-refractivity contribution in [3.63, 3.8) is 0 Å². The zero-order valence-electron chi connectivity index (χ0n) is 11.6. The Morgan fingerprint density at radius 2 is 1.70 bits per heavy atom. The van der Waals surface area contributed by atoms with E-state index in [1.54, 1.807) is 25.3 Å². The van der Waals surface area contributed by atoms with Gasteiger partial charge in [0, 0.05) is 6.04 Å². The summed E-state index contributed by atoms with van der Waals surface area (Å²) in [4.78, 5) is 12.1. The molecule has 1 unspecified atom stereocenters. The van der Waals surface area contributed by atoms with Gasteiger partial charge in [-0.3, -0.25) is 10.2 Å². The number of hydrogen-bond donors (Lipinski definition) is 2. The molecule has 0 saturated carbocycles. The molecule has 0 aliphatic carbocycles. The average Bonchev–Trinajstić information content (AvgIpc) is 2.53. The Morgan fingerprint density at radius 1 is 1.05 bits per heavy atom. The molecule has 0 spiro atoms. The minimum atomic E-state index is -0.217. The third-order valence-corrected chi connectivity index (χ3v) is 3.05. The fourth-order valence-corrected chi connectivity index (χ4v) is 1.90. The lowest BCUT2D eigenvalue weighted by molar-refractivity contribution is 0.0923. The lowest BCUT2D eigenvalue weighted by atomic mass is 10.1. The van der Waals surface area contributed by atoms with E-state index in [0.29, 0.717) is 11.3 Å². The van der Waals surface area contributed by atoms with Crippen molar-refractivity contribution in [1.29, 1.82) is 0 Å². The van der Waals surface area contributed by atoms with Crippen LogP contribution in [0.5, 0.6) is 5.75 Å². The Balaban J connectivity index is 1.99. The first kappa shape index (κ1) is 14.1. The number of para-hydroxylation sites is 1. The Bertz CT molecular complexity index is 570. The summed E-state index contributed by atoms with van der Waals surface area (Å²) in [5.41, 5.74) is 7.30. The van der Waals surface area contributed by atoms with E-state index in [9.17, 15) is 4.79 Å². The first-order valence-corrected chi connectivity index (χ1v) is 6.46. The van der Waals surface area contributed by atoms with Gasteiger partial charge in [-0.05, 0) is 24.6 Å². The number of nitrogens with one attached hydrogen (secondary N) is 2. The highest BCUT2D eigenvalue weighted by Gasteiger charge is 2.12. The molecule has 1 atom stereocenters. The normalized spacial score (nSPS) is 11.7. The number of methoxy groups -OCH3 is 1. The van der Waals surface area contributed by atoms with Crippen LogP contribution in [0.3, 0.4) is 0 Å². The van der Waals surface area contributed by atoms with E-state index >= 15 is 0 Å². The van der Waals surface area contributed by atoms with Crippen LogP contribution in [0.4, 0.5) is 0 Å². The molecule has 1 amide bonds. The monoisotopic (exact) mass is 270 g/mol. The Labute approximate surface area is 118 Å². The standard InChI is InChI=1S/C16H18N2O2/c1-12(13-8-4-3-5-9-13)17-18-16(19)14-10-6-7-11-15(14)20-2/h3-12,17H,1-2H3,(H,18,19). The fourth-order valence-electron chi connectivity index (χ4n) is 1.90. The summed E-state index contributed by atoms with van der Waals surface area (Å²) in [6.07, 6.45) is 0. The van der Waals surface area contributed by atoms with E-state index in [1.807, 2.05) is 43.3 Å². The molecule has 0 saturated heterocycles. The highest BCUT2D eigenvalue weighted by Crippen LogP contribution is 2.17. The summed E-state index contributed by atoms with van der Waals surface area (Å²) in [5.74, 6) is 0.337. The second kappa shape index (κ2) is 6.73. The van der Waals surface area contributed by atoms with Gasteiger partial charge in [0.1, 0.15) is 5.75 Å². The molecule has 0 radical (unpaired) electrons. The van der Waals surface area contributed by atoms with Gasteiger partial charge in [-0.25, -0.2) is 5.43 Å². The summed E-state index contributed by atoms with van der Waals surface area (Å²) in [6, 6.07) is 17.1. The molecule has 0 heterocycles. The van der Waals surface area contributed by atoms with Gasteiger partial charge >= 0.3 is 0 Å². The molecule has 0 aliphatic heterocycles. The molecule has 0 fully saturated rings. The van der Waals surface area contributed by atoms with Crippen LogP contribution in [0.2, 0.25) is 0 Å². The van der Waals surface area contributed by atoms with Crippen LogP contribution in [0.25, 0.3) is 0 Å². The number of carbonyl (C=O) groups is 1. The molecule has 0 aliphatic rings. The zero-order valence-corrected chi connectivity index (χ0v) is 11.6. The molecule has 104 valence electrons. The van der Waals surface area contributed by atoms with E-state index in [-0.39, 0.29) is 11.9 Å². The van der Waals surface area contributed by atoms with Crippen molar-refractivity contribution in [3.05, 3.63) is 65.7 Å². The van der Waals surface area contributed by atoms with Gasteiger partial charge in [-0.1, -0.05) is 42.5 Å².